The number of amidine groups is 1. The Morgan fingerprint density at radius 1 is 1.78 bits per heavy atom. The Labute approximate surface area is 61.3 Å². The van der Waals surface area contributed by atoms with E-state index in [1.807, 2.05) is 13.8 Å². The van der Waals surface area contributed by atoms with Gasteiger partial charge >= 0.3 is 0 Å². The van der Waals surface area contributed by atoms with Gasteiger partial charge in [-0.05, 0) is 6.42 Å². The fourth-order valence-electron chi connectivity index (χ4n) is 0.308. The highest BCUT2D eigenvalue weighted by atomic mass is 35.5. The van der Waals surface area contributed by atoms with Gasteiger partial charge in [0.15, 0.2) is 0 Å². The van der Waals surface area contributed by atoms with Crippen LogP contribution in [0.1, 0.15) is 20.3 Å². The Morgan fingerprint density at radius 2 is 2.22 bits per heavy atom. The molecule has 0 aliphatic rings. The van der Waals surface area contributed by atoms with Gasteiger partial charge in [0.05, 0.1) is 0 Å². The molecule has 0 aromatic rings. The van der Waals surface area contributed by atoms with Crippen LogP contribution < -0.4 is 5.73 Å². The molecule has 0 saturated carbocycles. The maximum atomic E-state index is 8.10. The van der Waals surface area contributed by atoms with E-state index >= 15 is 0 Å². The van der Waals surface area contributed by atoms with Crippen molar-refractivity contribution in [3.05, 3.63) is 0 Å². The summed E-state index contributed by atoms with van der Waals surface area (Å²) in [6, 6.07) is 0. The summed E-state index contributed by atoms with van der Waals surface area (Å²) in [5.74, 6) is 0.507. The lowest BCUT2D eigenvalue weighted by Gasteiger charge is -2.02. The van der Waals surface area contributed by atoms with Crippen LogP contribution >= 0.6 is 12.4 Å². The van der Waals surface area contributed by atoms with Gasteiger partial charge in [-0.2, -0.15) is 0 Å². The molecule has 3 nitrogen and oxygen atoms in total. The van der Waals surface area contributed by atoms with Gasteiger partial charge in [-0.3, -0.25) is 0 Å². The smallest absolute Gasteiger partial charge is 0.141 e. The van der Waals surface area contributed by atoms with E-state index in [-0.39, 0.29) is 18.3 Å². The largest absolute Gasteiger partial charge is 0.409 e. The second-order valence-electron chi connectivity index (χ2n) is 1.83. The van der Waals surface area contributed by atoms with E-state index in [0.29, 0.717) is 5.84 Å². The summed E-state index contributed by atoms with van der Waals surface area (Å²) < 4.78 is 0. The van der Waals surface area contributed by atoms with Gasteiger partial charge in [-0.15, -0.1) is 12.4 Å². The first-order valence-corrected chi connectivity index (χ1v) is 2.69. The molecule has 0 aliphatic heterocycles. The van der Waals surface area contributed by atoms with Gasteiger partial charge in [0.2, 0.25) is 0 Å². The van der Waals surface area contributed by atoms with Gasteiger partial charge in [0, 0.05) is 5.92 Å². The second-order valence-corrected chi connectivity index (χ2v) is 1.83. The molecule has 56 valence electrons. The molecule has 0 rings (SSSR count). The number of halogens is 1. The van der Waals surface area contributed by atoms with Crippen molar-refractivity contribution >= 4 is 18.2 Å². The fourth-order valence-corrected chi connectivity index (χ4v) is 0.308. The van der Waals surface area contributed by atoms with Crippen LogP contribution in [0.2, 0.25) is 0 Å². The molecule has 0 radical (unpaired) electrons. The van der Waals surface area contributed by atoms with E-state index in [9.17, 15) is 0 Å². The number of nitrogens with zero attached hydrogens (tertiary/aromatic N) is 1. The van der Waals surface area contributed by atoms with Crippen molar-refractivity contribution in [2.75, 3.05) is 0 Å². The molecule has 0 aromatic carbocycles. The first kappa shape index (κ1) is 11.4. The third-order valence-corrected chi connectivity index (χ3v) is 1.23. The maximum absolute atomic E-state index is 8.10. The van der Waals surface area contributed by atoms with Gasteiger partial charge in [0.1, 0.15) is 5.84 Å². The first-order valence-electron chi connectivity index (χ1n) is 2.69. The molecule has 0 aliphatic carbocycles. The molecule has 0 bridgehead atoms. The van der Waals surface area contributed by atoms with Crippen molar-refractivity contribution in [2.45, 2.75) is 20.3 Å². The Balaban J connectivity index is 0. The van der Waals surface area contributed by atoms with Crippen LogP contribution in [-0.2, 0) is 0 Å². The summed E-state index contributed by atoms with van der Waals surface area (Å²) in [5, 5.41) is 11.0. The monoisotopic (exact) mass is 152 g/mol. The molecule has 0 aromatic heterocycles. The van der Waals surface area contributed by atoms with Crippen LogP contribution in [0.3, 0.4) is 0 Å². The van der Waals surface area contributed by atoms with Crippen LogP contribution in [0.5, 0.6) is 0 Å². The molecule has 1 atom stereocenters. The van der Waals surface area contributed by atoms with E-state index in [1.165, 1.54) is 0 Å². The van der Waals surface area contributed by atoms with Crippen molar-refractivity contribution in [1.82, 2.24) is 0 Å². The average Bonchev–Trinajstić information content (AvgIpc) is 1.84. The topological polar surface area (TPSA) is 58.6 Å². The zero-order valence-corrected chi connectivity index (χ0v) is 6.48. The Hall–Kier alpha value is -0.440. The zero-order valence-electron chi connectivity index (χ0n) is 5.66. The molecule has 3 N–H and O–H groups in total. The van der Waals surface area contributed by atoms with Crippen molar-refractivity contribution in [2.24, 2.45) is 16.8 Å². The Morgan fingerprint density at radius 3 is 2.33 bits per heavy atom. The van der Waals surface area contributed by atoms with Gasteiger partial charge in [-0.1, -0.05) is 19.0 Å². The number of rotatable bonds is 2. The number of oxime groups is 1. The quantitative estimate of drug-likeness (QED) is 0.270. The molecule has 4 heteroatoms. The van der Waals surface area contributed by atoms with Crippen LogP contribution in [0.25, 0.3) is 0 Å². The molecular weight excluding hydrogens is 140 g/mol. The highest BCUT2D eigenvalue weighted by molar-refractivity contribution is 5.85. The minimum absolute atomic E-state index is 0. The lowest BCUT2D eigenvalue weighted by atomic mass is 10.1. The normalized spacial score (nSPS) is 14.2. The Bertz CT molecular complexity index is 95.0. The highest BCUT2D eigenvalue weighted by Crippen LogP contribution is 1.98. The third kappa shape index (κ3) is 4.09. The molecule has 0 spiro atoms. The molecule has 0 heterocycles. The standard InChI is InChI=1S/C5H12N2O.ClH/c1-3-4(2)5(6)7-8;/h4,8H,3H2,1-2H3,(H2,6,7);1H. The van der Waals surface area contributed by atoms with E-state index in [0.717, 1.165) is 6.42 Å². The maximum Gasteiger partial charge on any atom is 0.141 e. The first-order chi connectivity index (χ1) is 3.72. The average molecular weight is 153 g/mol. The highest BCUT2D eigenvalue weighted by Gasteiger charge is 2.01. The van der Waals surface area contributed by atoms with Gasteiger partial charge in [0.25, 0.3) is 0 Å². The number of nitrogens with two attached hydrogens (primary N) is 1. The molecule has 1 unspecified atom stereocenters. The number of hydrogen-bond acceptors (Lipinski definition) is 2. The minimum atomic E-state index is 0. The Kier molecular flexibility index (Phi) is 7.19. The second kappa shape index (κ2) is 5.69. The zero-order chi connectivity index (χ0) is 6.57. The van der Waals surface area contributed by atoms with E-state index in [2.05, 4.69) is 5.16 Å². The lowest BCUT2D eigenvalue weighted by molar-refractivity contribution is 0.314. The predicted octanol–water partition coefficient (Wildman–Crippen LogP) is 1.20. The van der Waals surface area contributed by atoms with Gasteiger partial charge < -0.3 is 10.9 Å². The van der Waals surface area contributed by atoms with Crippen LogP contribution in [0, 0.1) is 5.92 Å². The van der Waals surface area contributed by atoms with Crippen LogP contribution in [-0.4, -0.2) is 11.0 Å². The van der Waals surface area contributed by atoms with E-state index < -0.39 is 0 Å². The molecular formula is C5H13ClN2O. The van der Waals surface area contributed by atoms with Crippen LogP contribution in [0.15, 0.2) is 5.16 Å². The third-order valence-electron chi connectivity index (χ3n) is 1.23. The number of hydrogen-bond donors (Lipinski definition) is 2. The molecule has 0 amide bonds. The lowest BCUT2D eigenvalue weighted by Crippen LogP contribution is -2.20. The minimum Gasteiger partial charge on any atom is -0.409 e. The fraction of sp³-hybridized carbons (Fsp3) is 0.800. The summed E-state index contributed by atoms with van der Waals surface area (Å²) in [6.07, 6.45) is 0.913. The molecule has 9 heavy (non-hydrogen) atoms. The predicted molar refractivity (Wildman–Crippen MR) is 40.1 cm³/mol. The van der Waals surface area contributed by atoms with Gasteiger partial charge in [-0.25, -0.2) is 0 Å². The summed E-state index contributed by atoms with van der Waals surface area (Å²) in [4.78, 5) is 0. The summed E-state index contributed by atoms with van der Waals surface area (Å²) in [6.45, 7) is 3.90. The van der Waals surface area contributed by atoms with Crippen molar-refractivity contribution in [1.29, 1.82) is 0 Å². The summed E-state index contributed by atoms with van der Waals surface area (Å²) in [7, 11) is 0. The SMILES string of the molecule is CCC(C)C(N)=NO.Cl. The van der Waals surface area contributed by atoms with Crippen molar-refractivity contribution in [3.8, 4) is 0 Å². The summed E-state index contributed by atoms with van der Waals surface area (Å²) >= 11 is 0. The van der Waals surface area contributed by atoms with Crippen LogP contribution in [0.4, 0.5) is 0 Å². The van der Waals surface area contributed by atoms with E-state index in [1.54, 1.807) is 0 Å². The molecule has 0 saturated heterocycles. The van der Waals surface area contributed by atoms with E-state index in [4.69, 9.17) is 10.9 Å². The molecule has 0 fully saturated rings. The summed E-state index contributed by atoms with van der Waals surface area (Å²) in [5.41, 5.74) is 5.23. The van der Waals surface area contributed by atoms with Crippen molar-refractivity contribution in [3.63, 3.8) is 0 Å². The van der Waals surface area contributed by atoms with Crippen molar-refractivity contribution < 1.29 is 5.21 Å².